The summed E-state index contributed by atoms with van der Waals surface area (Å²) in [5.41, 5.74) is 0. The number of hydrogen-bond donors (Lipinski definition) is 24. The first kappa shape index (κ1) is 113. The third kappa shape index (κ3) is 34.9. The zero-order valence-electron chi connectivity index (χ0n) is 74.8. The molecule has 128 heavy (non-hydrogen) atoms. The van der Waals surface area contributed by atoms with Gasteiger partial charge < -0.3 is 171 Å². The number of amides is 4. The van der Waals surface area contributed by atoms with Gasteiger partial charge in [0.25, 0.3) is 17.4 Å². The summed E-state index contributed by atoms with van der Waals surface area (Å²) < 4.78 is 58.3. The van der Waals surface area contributed by atoms with E-state index in [1.54, 1.807) is 6.08 Å². The molecule has 5 aliphatic rings. The highest BCUT2D eigenvalue weighted by molar-refractivity contribution is 5.79. The number of hydrogen-bond acceptors (Lipinski definition) is 34. The molecule has 0 radical (unpaired) electrons. The molecule has 30 atom stereocenters. The zero-order chi connectivity index (χ0) is 94.8. The van der Waals surface area contributed by atoms with E-state index in [1.165, 1.54) is 115 Å². The van der Waals surface area contributed by atoms with Crippen molar-refractivity contribution < 1.29 is 183 Å². The van der Waals surface area contributed by atoms with Crippen LogP contribution in [0, 0.1) is 0 Å². The summed E-state index contributed by atoms with van der Waals surface area (Å²) in [5, 5.41) is 235. The first-order valence-electron chi connectivity index (χ1n) is 46.0. The van der Waals surface area contributed by atoms with Crippen LogP contribution in [0.15, 0.2) is 24.3 Å². The molecule has 5 saturated heterocycles. The van der Waals surface area contributed by atoms with E-state index in [0.29, 0.717) is 12.8 Å². The van der Waals surface area contributed by atoms with Crippen molar-refractivity contribution in [3.63, 3.8) is 0 Å². The van der Waals surface area contributed by atoms with Crippen LogP contribution < -0.4 is 21.3 Å². The Balaban J connectivity index is 1.32. The van der Waals surface area contributed by atoms with Crippen LogP contribution in [0.3, 0.4) is 0 Å². The van der Waals surface area contributed by atoms with Crippen molar-refractivity contribution >= 4 is 41.5 Å². The van der Waals surface area contributed by atoms with Crippen molar-refractivity contribution in [3.8, 4) is 0 Å². The number of unbranched alkanes of at least 4 members (excludes halogenated alkanes) is 28. The number of carboxylic acids is 3. The smallest absolute Gasteiger partial charge is 0.364 e. The van der Waals surface area contributed by atoms with Gasteiger partial charge in [0.05, 0.1) is 88.2 Å². The van der Waals surface area contributed by atoms with Crippen LogP contribution >= 0.6 is 0 Å². The maximum atomic E-state index is 13.8. The summed E-state index contributed by atoms with van der Waals surface area (Å²) >= 11 is 0. The van der Waals surface area contributed by atoms with Crippen molar-refractivity contribution in [1.82, 2.24) is 21.3 Å². The molecule has 3 unspecified atom stereocenters. The molecule has 41 heteroatoms. The third-order valence-electron chi connectivity index (χ3n) is 24.1. The third-order valence-corrected chi connectivity index (χ3v) is 24.1. The largest absolute Gasteiger partial charge is 0.477 e. The molecule has 5 fully saturated rings. The second-order valence-electron chi connectivity index (χ2n) is 34.6. The molecule has 742 valence electrons. The predicted molar refractivity (Wildman–Crippen MR) is 452 cm³/mol. The van der Waals surface area contributed by atoms with E-state index in [2.05, 4.69) is 47.3 Å². The summed E-state index contributed by atoms with van der Waals surface area (Å²) in [4.78, 5) is 92.3. The minimum Gasteiger partial charge on any atom is -0.477 e. The number of carbonyl (C=O) groups is 7. The van der Waals surface area contributed by atoms with Crippen molar-refractivity contribution in [1.29, 1.82) is 0 Å². The monoisotopic (exact) mass is 1850 g/mol. The Morgan fingerprint density at radius 1 is 0.422 bits per heavy atom. The molecule has 5 rings (SSSR count). The van der Waals surface area contributed by atoms with Gasteiger partial charge in [-0.1, -0.05) is 192 Å². The number of carboxylic acid groups (broad SMARTS) is 3. The van der Waals surface area contributed by atoms with E-state index in [9.17, 15) is 136 Å². The first-order chi connectivity index (χ1) is 61.0. The summed E-state index contributed by atoms with van der Waals surface area (Å²) in [6.07, 6.45) is -13.1. The van der Waals surface area contributed by atoms with Gasteiger partial charge in [0, 0.05) is 46.5 Å². The van der Waals surface area contributed by atoms with E-state index in [0.717, 1.165) is 97.8 Å². The lowest BCUT2D eigenvalue weighted by atomic mass is 9.86. The maximum Gasteiger partial charge on any atom is 0.364 e. The quantitative estimate of drug-likeness (QED) is 0.0273. The van der Waals surface area contributed by atoms with Gasteiger partial charge >= 0.3 is 17.9 Å². The van der Waals surface area contributed by atoms with Crippen LogP contribution in [0.5, 0.6) is 0 Å². The van der Waals surface area contributed by atoms with Crippen molar-refractivity contribution in [2.45, 2.75) is 442 Å². The van der Waals surface area contributed by atoms with Crippen LogP contribution in [0.2, 0.25) is 0 Å². The van der Waals surface area contributed by atoms with Gasteiger partial charge in [-0.05, 0) is 44.9 Å². The van der Waals surface area contributed by atoms with Crippen LogP contribution in [0.25, 0.3) is 0 Å². The molecular weight excluding hydrogens is 1690 g/mol. The summed E-state index contributed by atoms with van der Waals surface area (Å²) in [6.45, 7) is -0.0661. The molecule has 0 aromatic heterocycles. The van der Waals surface area contributed by atoms with Gasteiger partial charge in [0.2, 0.25) is 23.6 Å². The predicted octanol–water partition coefficient (Wildman–Crippen LogP) is -0.370. The Bertz CT molecular complexity index is 3260. The highest BCUT2D eigenvalue weighted by atomic mass is 16.8. The van der Waals surface area contributed by atoms with Crippen molar-refractivity contribution in [2.24, 2.45) is 0 Å². The number of nitrogens with one attached hydrogen (secondary N) is 4. The molecule has 0 aromatic carbocycles. The lowest BCUT2D eigenvalue weighted by molar-refractivity contribution is -0.388. The molecule has 0 aromatic rings. The average molecular weight is 1850 g/mol. The van der Waals surface area contributed by atoms with E-state index in [1.807, 2.05) is 0 Å². The van der Waals surface area contributed by atoms with E-state index >= 15 is 0 Å². The lowest BCUT2D eigenvalue weighted by Crippen LogP contribution is -2.72. The molecule has 5 heterocycles. The van der Waals surface area contributed by atoms with E-state index in [-0.39, 0.29) is 6.42 Å². The summed E-state index contributed by atoms with van der Waals surface area (Å²) in [5.74, 6) is -20.6. The van der Waals surface area contributed by atoms with Crippen LogP contribution in [-0.4, -0.2) is 366 Å². The van der Waals surface area contributed by atoms with E-state index < -0.39 is 283 Å². The molecule has 0 spiro atoms. The molecular formula is C87H152N4O37. The molecule has 4 amide bonds. The minimum atomic E-state index is -3.58. The fourth-order valence-electron chi connectivity index (χ4n) is 16.9. The standard InChI is InChI=1S/C87H152N4O37/c1-6-8-10-12-14-16-18-20-21-22-23-24-25-26-27-29-31-33-35-37-39-41-64(105)91-54(55(100)40-38-36-34-32-30-28-19-17-15-13-11-9-7-2)50-119-80-73(111)72(110)75(63(49-96)121-80)122-81-74(112)79(69(107)60(46-93)120-81)128-87(84(117)118)44-58(103)67(90-53(5)99)78(127-87)71(109)62(48-95)124-86(83(115)116)43-57(102)66(89-52(4)98)77(126-86)70(108)61(47-94)123-85(82(113)114)42-56(101)65(88-51(3)97)76(125-85)68(106)59(104)45-92/h20-21,38,40,54-63,65-81,92-96,100-104,106-112H,6-19,22-37,39,41-50H2,1-5H3,(H,88,97)(H,89,98)(H,90,99)(H,91,105)(H,113,114)(H,115,116)(H,117,118)/b21-20-,40-38+/t54-,55+,56-,57-,58-,59+,60+,61+,62+,63+,65+,66+,67+,68+,69-,70+,71+,72+,73+,74+,75+,76?,77?,78?,79-,80+,81-,85+,86+,87-/m0/s1. The van der Waals surface area contributed by atoms with Gasteiger partial charge in [-0.2, -0.15) is 0 Å². The van der Waals surface area contributed by atoms with Gasteiger partial charge in [-0.25, -0.2) is 14.4 Å². The van der Waals surface area contributed by atoms with Gasteiger partial charge in [0.15, 0.2) is 12.6 Å². The summed E-state index contributed by atoms with van der Waals surface area (Å²) in [6, 6.07) is -7.03. The molecule has 41 nitrogen and oxygen atoms in total. The Kier molecular flexibility index (Phi) is 52.0. The maximum absolute atomic E-state index is 13.8. The molecule has 0 aliphatic carbocycles. The zero-order valence-corrected chi connectivity index (χ0v) is 74.8. The Hall–Kier alpha value is -5.31. The number of carbonyl (C=O) groups excluding carboxylic acids is 4. The van der Waals surface area contributed by atoms with Gasteiger partial charge in [-0.3, -0.25) is 19.2 Å². The minimum absolute atomic E-state index is 0.119. The van der Waals surface area contributed by atoms with Gasteiger partial charge in [-0.15, -0.1) is 0 Å². The Labute approximate surface area is 748 Å². The number of aliphatic carboxylic acids is 3. The molecule has 0 bridgehead atoms. The van der Waals surface area contributed by atoms with Crippen molar-refractivity contribution in [3.05, 3.63) is 24.3 Å². The van der Waals surface area contributed by atoms with Crippen LogP contribution in [0.4, 0.5) is 0 Å². The number of allylic oxidation sites excluding steroid dienone is 3. The summed E-state index contributed by atoms with van der Waals surface area (Å²) in [7, 11) is 0. The number of ether oxygens (including phenoxy) is 10. The van der Waals surface area contributed by atoms with Crippen LogP contribution in [0.1, 0.15) is 259 Å². The number of rotatable bonds is 64. The second-order valence-corrected chi connectivity index (χ2v) is 34.6. The first-order valence-corrected chi connectivity index (χ1v) is 46.0. The Morgan fingerprint density at radius 3 is 1.17 bits per heavy atom. The highest BCUT2D eigenvalue weighted by Gasteiger charge is 2.64. The lowest BCUT2D eigenvalue weighted by Gasteiger charge is -2.51. The normalized spacial score (nSPS) is 31.8. The fraction of sp³-hybridized carbons (Fsp3) is 0.874. The van der Waals surface area contributed by atoms with Crippen LogP contribution in [-0.2, 0) is 80.9 Å². The fourth-order valence-corrected chi connectivity index (χ4v) is 16.9. The molecule has 0 saturated carbocycles. The van der Waals surface area contributed by atoms with Gasteiger partial charge in [0.1, 0.15) is 104 Å². The number of aliphatic hydroxyl groups is 17. The topological polar surface area (TPSA) is 665 Å². The molecule has 24 N–H and O–H groups in total. The second kappa shape index (κ2) is 58.8. The van der Waals surface area contributed by atoms with Crippen molar-refractivity contribution in [2.75, 3.05) is 39.6 Å². The molecule has 5 aliphatic heterocycles. The average Bonchev–Trinajstić information content (AvgIpc) is 0.748. The number of aliphatic hydroxyl groups excluding tert-OH is 17. The SMILES string of the molecule is CCCCCCCC/C=C\CCCCCCCCCCCCCC(=O)N[C@@H](CO[C@@H]1O[C@H](CO)[C@@H](O[C@@H]2O[C@H](CO)[C@H](O)[C@H](O[C@]3(C(=O)O)C[C@H](O)[C@@H](NC(C)=O)C([C@H](O)[C@@H](CO)O[C@]4(C(=O)O)C[C@H](O)[C@@H](NC(C)=O)C([C@H](O)[C@@H](CO)O[C@]5(C(=O)O)C[C@H](O)[C@@H](NC(C)=O)C([C@H](O)[C@H](O)CO)O5)O4)O3)[C@H]2O)[C@H](O)[C@H]1O)[C@H](O)/C=C/CCCCCCCCCCCCC. The highest BCUT2D eigenvalue weighted by Crippen LogP contribution is 2.43. The van der Waals surface area contributed by atoms with E-state index in [4.69, 9.17) is 47.4 Å². The Morgan fingerprint density at radius 2 is 0.789 bits per heavy atom.